The highest BCUT2D eigenvalue weighted by Gasteiger charge is 2.37. The molecule has 0 saturated carbocycles. The quantitative estimate of drug-likeness (QED) is 0.556. The Kier molecular flexibility index (Phi) is 7.34. The lowest BCUT2D eigenvalue weighted by Crippen LogP contribution is -2.36. The minimum atomic E-state index is -3.45. The number of halogens is 3. The molecule has 3 aromatic carbocycles. The number of hydrogen-bond donors (Lipinski definition) is 2. The first-order valence-corrected chi connectivity index (χ1v) is 8.33. The Labute approximate surface area is 167 Å². The van der Waals surface area contributed by atoms with Gasteiger partial charge >= 0.3 is 0 Å². The fourth-order valence-corrected chi connectivity index (χ4v) is 2.46. The molecule has 0 bridgehead atoms. The summed E-state index contributed by atoms with van der Waals surface area (Å²) in [5.74, 6) is -1.76. The van der Waals surface area contributed by atoms with Gasteiger partial charge in [-0.3, -0.25) is 0 Å². The summed E-state index contributed by atoms with van der Waals surface area (Å²) in [5.41, 5.74) is 5.77. The molecule has 0 aliphatic heterocycles. The molecule has 0 aliphatic carbocycles. The summed E-state index contributed by atoms with van der Waals surface area (Å²) in [6.07, 6.45) is 0. The Morgan fingerprint density at radius 3 is 1.82 bits per heavy atom. The number of nitrogens with two attached hydrogens (primary N) is 1. The Hall–Kier alpha value is -2.67. The maximum atomic E-state index is 13.8. The van der Waals surface area contributed by atoms with Crippen LogP contribution >= 0.6 is 12.4 Å². The lowest BCUT2D eigenvalue weighted by molar-refractivity contribution is -0.0712. The number of aliphatic hydroxyl groups excluding tert-OH is 1. The van der Waals surface area contributed by atoms with Crippen LogP contribution in [0.2, 0.25) is 0 Å². The van der Waals surface area contributed by atoms with Crippen molar-refractivity contribution in [1.29, 1.82) is 0 Å². The zero-order valence-corrected chi connectivity index (χ0v) is 15.6. The van der Waals surface area contributed by atoms with Crippen LogP contribution in [0.4, 0.5) is 8.78 Å². The molecule has 0 aromatic heterocycles. The summed E-state index contributed by atoms with van der Waals surface area (Å²) in [5, 5.41) is 8.89. The van der Waals surface area contributed by atoms with Crippen molar-refractivity contribution in [3.63, 3.8) is 0 Å². The molecule has 4 nitrogen and oxygen atoms in total. The number of ether oxygens (including phenoxy) is 2. The second-order valence-corrected chi connectivity index (χ2v) is 5.93. The maximum absolute atomic E-state index is 13.8. The maximum Gasteiger partial charge on any atom is 0.289 e. The molecule has 3 N–H and O–H groups in total. The molecular weight excluding hydrogens is 388 g/mol. The third-order valence-electron chi connectivity index (χ3n) is 3.93. The van der Waals surface area contributed by atoms with Crippen LogP contribution in [-0.2, 0) is 0 Å². The van der Waals surface area contributed by atoms with Crippen molar-refractivity contribution in [2.24, 2.45) is 5.73 Å². The van der Waals surface area contributed by atoms with Crippen molar-refractivity contribution in [3.05, 3.63) is 84.4 Å². The minimum absolute atomic E-state index is 0. The average molecular weight is 408 g/mol. The molecule has 0 unspecified atom stereocenters. The molecule has 0 radical (unpaired) electrons. The fourth-order valence-electron chi connectivity index (χ4n) is 2.46. The largest absolute Gasteiger partial charge is 0.453 e. The molecule has 0 fully saturated rings. The second kappa shape index (κ2) is 9.50. The smallest absolute Gasteiger partial charge is 0.289 e. The van der Waals surface area contributed by atoms with Gasteiger partial charge in [-0.05, 0) is 42.0 Å². The van der Waals surface area contributed by atoms with Crippen molar-refractivity contribution < 1.29 is 23.4 Å². The van der Waals surface area contributed by atoms with E-state index in [2.05, 4.69) is 0 Å². The normalized spacial score (nSPS) is 12.0. The standard InChI is InChI=1S/C21H19F2NO3.ClH/c22-21(23,14-25)20(24)15-11-12-18(26-16-7-3-1-4-8-16)19(13-15)27-17-9-5-2-6-10-17;/h1-13,20,25H,14,24H2;1H/t20-;/m0./s1. The molecule has 3 aromatic rings. The minimum Gasteiger partial charge on any atom is -0.453 e. The van der Waals surface area contributed by atoms with E-state index in [1.54, 1.807) is 36.4 Å². The van der Waals surface area contributed by atoms with Gasteiger partial charge in [0, 0.05) is 0 Å². The van der Waals surface area contributed by atoms with Crippen molar-refractivity contribution in [2.45, 2.75) is 12.0 Å². The molecule has 28 heavy (non-hydrogen) atoms. The number of aliphatic hydroxyl groups is 1. The van der Waals surface area contributed by atoms with Gasteiger partial charge in [-0.25, -0.2) is 8.78 Å². The Bertz CT molecular complexity index is 879. The van der Waals surface area contributed by atoms with Gasteiger partial charge in [0.2, 0.25) is 0 Å². The summed E-state index contributed by atoms with van der Waals surface area (Å²) in [7, 11) is 0. The summed E-state index contributed by atoms with van der Waals surface area (Å²) in [4.78, 5) is 0. The average Bonchev–Trinajstić information content (AvgIpc) is 2.70. The lowest BCUT2D eigenvalue weighted by atomic mass is 10.0. The molecule has 0 saturated heterocycles. The van der Waals surface area contributed by atoms with Gasteiger partial charge in [-0.1, -0.05) is 42.5 Å². The molecule has 3 rings (SSSR count). The zero-order valence-electron chi connectivity index (χ0n) is 14.8. The Morgan fingerprint density at radius 1 is 0.821 bits per heavy atom. The van der Waals surface area contributed by atoms with E-state index in [1.807, 2.05) is 24.3 Å². The molecule has 0 aliphatic rings. The van der Waals surface area contributed by atoms with E-state index in [1.165, 1.54) is 18.2 Å². The van der Waals surface area contributed by atoms with Gasteiger partial charge in [0.05, 0.1) is 6.04 Å². The van der Waals surface area contributed by atoms with Gasteiger partial charge < -0.3 is 20.3 Å². The number of para-hydroxylation sites is 2. The molecule has 0 amide bonds. The highest BCUT2D eigenvalue weighted by molar-refractivity contribution is 5.85. The number of benzene rings is 3. The lowest BCUT2D eigenvalue weighted by Gasteiger charge is -2.23. The predicted molar refractivity (Wildman–Crippen MR) is 106 cm³/mol. The van der Waals surface area contributed by atoms with Crippen LogP contribution in [0, 0.1) is 0 Å². The number of hydrogen-bond acceptors (Lipinski definition) is 4. The van der Waals surface area contributed by atoms with Crippen molar-refractivity contribution in [2.75, 3.05) is 6.61 Å². The number of rotatable bonds is 7. The third-order valence-corrected chi connectivity index (χ3v) is 3.93. The van der Waals surface area contributed by atoms with E-state index in [9.17, 15) is 8.78 Å². The Balaban J connectivity index is 0.00000280. The van der Waals surface area contributed by atoms with Crippen LogP contribution in [0.1, 0.15) is 11.6 Å². The topological polar surface area (TPSA) is 64.7 Å². The number of alkyl halides is 2. The first kappa shape index (κ1) is 21.6. The molecule has 7 heteroatoms. The Morgan fingerprint density at radius 2 is 1.32 bits per heavy atom. The first-order valence-electron chi connectivity index (χ1n) is 8.33. The van der Waals surface area contributed by atoms with E-state index in [4.69, 9.17) is 20.3 Å². The van der Waals surface area contributed by atoms with Crippen LogP contribution in [0.3, 0.4) is 0 Å². The van der Waals surface area contributed by atoms with E-state index in [0.717, 1.165) is 0 Å². The highest BCUT2D eigenvalue weighted by Crippen LogP contribution is 2.39. The molecule has 148 valence electrons. The van der Waals surface area contributed by atoms with Crippen LogP contribution < -0.4 is 15.2 Å². The summed E-state index contributed by atoms with van der Waals surface area (Å²) in [6.45, 7) is -1.34. The van der Waals surface area contributed by atoms with E-state index >= 15 is 0 Å². The van der Waals surface area contributed by atoms with Gasteiger partial charge in [0.25, 0.3) is 5.92 Å². The van der Waals surface area contributed by atoms with Crippen LogP contribution in [0.25, 0.3) is 0 Å². The van der Waals surface area contributed by atoms with E-state index in [0.29, 0.717) is 17.2 Å². The second-order valence-electron chi connectivity index (χ2n) is 5.93. The van der Waals surface area contributed by atoms with Crippen molar-refractivity contribution >= 4 is 12.4 Å². The van der Waals surface area contributed by atoms with Gasteiger partial charge in [0.1, 0.15) is 18.1 Å². The zero-order chi connectivity index (χ0) is 19.3. The van der Waals surface area contributed by atoms with Crippen LogP contribution in [-0.4, -0.2) is 17.6 Å². The highest BCUT2D eigenvalue weighted by atomic mass is 35.5. The predicted octanol–water partition coefficient (Wildman–Crippen LogP) is 5.32. The van der Waals surface area contributed by atoms with Crippen LogP contribution in [0.15, 0.2) is 78.9 Å². The monoisotopic (exact) mass is 407 g/mol. The van der Waals surface area contributed by atoms with Crippen molar-refractivity contribution in [1.82, 2.24) is 0 Å². The summed E-state index contributed by atoms with van der Waals surface area (Å²) >= 11 is 0. The molecular formula is C21H20ClF2NO3. The van der Waals surface area contributed by atoms with Gasteiger partial charge in [-0.2, -0.15) is 0 Å². The summed E-state index contributed by atoms with van der Waals surface area (Å²) < 4.78 is 39.2. The molecule has 0 spiro atoms. The third kappa shape index (κ3) is 5.19. The van der Waals surface area contributed by atoms with E-state index in [-0.39, 0.29) is 23.7 Å². The molecule has 1 atom stereocenters. The van der Waals surface area contributed by atoms with Gasteiger partial charge in [0.15, 0.2) is 11.5 Å². The first-order chi connectivity index (χ1) is 13.0. The van der Waals surface area contributed by atoms with Gasteiger partial charge in [-0.15, -0.1) is 12.4 Å². The fraction of sp³-hybridized carbons (Fsp3) is 0.143. The summed E-state index contributed by atoms with van der Waals surface area (Å²) in [6, 6.07) is 20.6. The van der Waals surface area contributed by atoms with Crippen molar-refractivity contribution in [3.8, 4) is 23.0 Å². The van der Waals surface area contributed by atoms with E-state index < -0.39 is 18.6 Å². The molecule has 0 heterocycles. The SMILES string of the molecule is Cl.N[C@@H](c1ccc(Oc2ccccc2)c(Oc2ccccc2)c1)C(F)(F)CO. The van der Waals surface area contributed by atoms with Crippen LogP contribution in [0.5, 0.6) is 23.0 Å².